The Bertz CT molecular complexity index is 182. The Morgan fingerprint density at radius 2 is 2.08 bits per heavy atom. The lowest BCUT2D eigenvalue weighted by Crippen LogP contribution is -2.40. The molecule has 1 rings (SSSR count). The van der Waals surface area contributed by atoms with Crippen molar-refractivity contribution in [3.05, 3.63) is 0 Å². The second-order valence-electron chi connectivity index (χ2n) is 4.14. The van der Waals surface area contributed by atoms with Crippen molar-refractivity contribution in [1.29, 1.82) is 0 Å². The zero-order valence-electron chi connectivity index (χ0n) is 8.49. The summed E-state index contributed by atoms with van der Waals surface area (Å²) >= 11 is 3.93. The van der Waals surface area contributed by atoms with E-state index in [9.17, 15) is 4.79 Å². The zero-order chi connectivity index (χ0) is 9.84. The van der Waals surface area contributed by atoms with E-state index in [4.69, 9.17) is 0 Å². The molecular formula is C10H19NOS. The van der Waals surface area contributed by atoms with Gasteiger partial charge < -0.3 is 4.90 Å². The molecule has 0 radical (unpaired) electrons. The summed E-state index contributed by atoms with van der Waals surface area (Å²) in [6.07, 6.45) is 4.78. The van der Waals surface area contributed by atoms with Crippen molar-refractivity contribution in [2.75, 3.05) is 6.54 Å². The van der Waals surface area contributed by atoms with Gasteiger partial charge in [-0.3, -0.25) is 4.79 Å². The van der Waals surface area contributed by atoms with Crippen LogP contribution in [-0.4, -0.2) is 22.7 Å². The van der Waals surface area contributed by atoms with Crippen LogP contribution in [0, 0.1) is 5.92 Å². The Kier molecular flexibility index (Phi) is 4.10. The van der Waals surface area contributed by atoms with Crippen molar-refractivity contribution in [3.8, 4) is 0 Å². The van der Waals surface area contributed by atoms with E-state index in [-0.39, 0.29) is 5.24 Å². The normalized spacial score (nSPS) is 24.6. The number of hydrogen-bond donors (Lipinski definition) is 1. The van der Waals surface area contributed by atoms with E-state index < -0.39 is 0 Å². The SMILES string of the molecule is CC(C)[C@@H]1CCCCCN1C(=O)S. The number of thiol groups is 1. The predicted octanol–water partition coefficient (Wildman–Crippen LogP) is 2.94. The first kappa shape index (κ1) is 10.9. The Labute approximate surface area is 86.1 Å². The maximum absolute atomic E-state index is 11.3. The molecule has 1 fully saturated rings. The number of nitrogens with zero attached hydrogens (tertiary/aromatic N) is 1. The average Bonchev–Trinajstić information content (AvgIpc) is 2.27. The fourth-order valence-corrected chi connectivity index (χ4v) is 2.31. The Morgan fingerprint density at radius 1 is 1.38 bits per heavy atom. The molecule has 1 aliphatic rings. The van der Waals surface area contributed by atoms with Gasteiger partial charge in [0, 0.05) is 12.6 Å². The molecule has 1 amide bonds. The van der Waals surface area contributed by atoms with Crippen LogP contribution in [-0.2, 0) is 0 Å². The van der Waals surface area contributed by atoms with Crippen LogP contribution in [0.4, 0.5) is 4.79 Å². The highest BCUT2D eigenvalue weighted by Crippen LogP contribution is 2.23. The van der Waals surface area contributed by atoms with Gasteiger partial charge >= 0.3 is 0 Å². The summed E-state index contributed by atoms with van der Waals surface area (Å²) in [7, 11) is 0. The minimum atomic E-state index is -0.0550. The maximum Gasteiger partial charge on any atom is 0.278 e. The number of carbonyl (C=O) groups excluding carboxylic acids is 1. The first-order chi connectivity index (χ1) is 6.13. The monoisotopic (exact) mass is 201 g/mol. The lowest BCUT2D eigenvalue weighted by atomic mass is 9.98. The van der Waals surface area contributed by atoms with Gasteiger partial charge in [-0.15, -0.1) is 0 Å². The summed E-state index contributed by atoms with van der Waals surface area (Å²) in [6.45, 7) is 5.25. The molecular weight excluding hydrogens is 182 g/mol. The van der Waals surface area contributed by atoms with Gasteiger partial charge in [0.25, 0.3) is 5.24 Å². The number of carbonyl (C=O) groups is 1. The quantitative estimate of drug-likeness (QED) is 0.647. The average molecular weight is 201 g/mol. The van der Waals surface area contributed by atoms with Crippen LogP contribution in [0.1, 0.15) is 39.5 Å². The molecule has 0 unspecified atom stereocenters. The van der Waals surface area contributed by atoms with E-state index in [2.05, 4.69) is 26.5 Å². The van der Waals surface area contributed by atoms with Gasteiger partial charge in [0.2, 0.25) is 0 Å². The van der Waals surface area contributed by atoms with Gasteiger partial charge in [-0.05, 0) is 18.8 Å². The fourth-order valence-electron chi connectivity index (χ4n) is 2.06. The van der Waals surface area contributed by atoms with Crippen LogP contribution < -0.4 is 0 Å². The van der Waals surface area contributed by atoms with Gasteiger partial charge in [-0.25, -0.2) is 0 Å². The molecule has 0 saturated carbocycles. The number of rotatable bonds is 1. The third-order valence-corrected chi connectivity index (χ3v) is 3.07. The molecule has 0 spiro atoms. The number of amides is 1. The minimum absolute atomic E-state index is 0.0550. The minimum Gasteiger partial charge on any atom is -0.331 e. The van der Waals surface area contributed by atoms with E-state index >= 15 is 0 Å². The molecule has 13 heavy (non-hydrogen) atoms. The molecule has 0 N–H and O–H groups in total. The van der Waals surface area contributed by atoms with Crippen molar-refractivity contribution in [3.63, 3.8) is 0 Å². The summed E-state index contributed by atoms with van der Waals surface area (Å²) in [6, 6.07) is 0.410. The second kappa shape index (κ2) is 4.89. The van der Waals surface area contributed by atoms with E-state index in [1.807, 2.05) is 4.90 Å². The van der Waals surface area contributed by atoms with Crippen LogP contribution in [0.15, 0.2) is 0 Å². The van der Waals surface area contributed by atoms with Gasteiger partial charge in [0.1, 0.15) is 0 Å². The van der Waals surface area contributed by atoms with Crippen LogP contribution in [0.5, 0.6) is 0 Å². The molecule has 0 aromatic rings. The molecule has 0 aromatic carbocycles. The highest BCUT2D eigenvalue weighted by molar-refractivity contribution is 7.96. The Hall–Kier alpha value is -0.180. The van der Waals surface area contributed by atoms with Gasteiger partial charge in [-0.2, -0.15) is 0 Å². The molecule has 1 atom stereocenters. The van der Waals surface area contributed by atoms with E-state index in [1.165, 1.54) is 12.8 Å². The summed E-state index contributed by atoms with van der Waals surface area (Å²) < 4.78 is 0. The van der Waals surface area contributed by atoms with Crippen molar-refractivity contribution >= 4 is 17.9 Å². The fraction of sp³-hybridized carbons (Fsp3) is 0.900. The molecule has 0 bridgehead atoms. The largest absolute Gasteiger partial charge is 0.331 e. The van der Waals surface area contributed by atoms with Crippen LogP contribution in [0.3, 0.4) is 0 Å². The van der Waals surface area contributed by atoms with E-state index in [1.54, 1.807) is 0 Å². The number of likely N-dealkylation sites (tertiary alicyclic amines) is 1. The highest BCUT2D eigenvalue weighted by Gasteiger charge is 2.25. The molecule has 1 aliphatic heterocycles. The van der Waals surface area contributed by atoms with Crippen molar-refractivity contribution in [2.45, 2.75) is 45.6 Å². The van der Waals surface area contributed by atoms with Crippen LogP contribution >= 0.6 is 12.6 Å². The predicted molar refractivity (Wildman–Crippen MR) is 58.2 cm³/mol. The van der Waals surface area contributed by atoms with Gasteiger partial charge in [-0.1, -0.05) is 39.3 Å². The molecule has 1 saturated heterocycles. The van der Waals surface area contributed by atoms with Crippen LogP contribution in [0.2, 0.25) is 0 Å². The van der Waals surface area contributed by atoms with Crippen LogP contribution in [0.25, 0.3) is 0 Å². The third kappa shape index (κ3) is 2.90. The van der Waals surface area contributed by atoms with E-state index in [0.29, 0.717) is 12.0 Å². The first-order valence-electron chi connectivity index (χ1n) is 5.12. The molecule has 0 aliphatic carbocycles. The molecule has 2 nitrogen and oxygen atoms in total. The summed E-state index contributed by atoms with van der Waals surface area (Å²) in [4.78, 5) is 13.2. The van der Waals surface area contributed by atoms with Crippen molar-refractivity contribution < 1.29 is 4.79 Å². The van der Waals surface area contributed by atoms with Gasteiger partial charge in [0.15, 0.2) is 0 Å². The van der Waals surface area contributed by atoms with E-state index in [0.717, 1.165) is 19.4 Å². The first-order valence-corrected chi connectivity index (χ1v) is 5.57. The molecule has 1 heterocycles. The summed E-state index contributed by atoms with van der Waals surface area (Å²) in [5.74, 6) is 0.550. The third-order valence-electron chi connectivity index (χ3n) is 2.81. The highest BCUT2D eigenvalue weighted by atomic mass is 32.1. The summed E-state index contributed by atoms with van der Waals surface area (Å²) in [5.41, 5.74) is 0. The lowest BCUT2D eigenvalue weighted by Gasteiger charge is -2.31. The topological polar surface area (TPSA) is 20.3 Å². The molecule has 3 heteroatoms. The molecule has 76 valence electrons. The standard InChI is InChI=1S/C10H19NOS/c1-8(2)9-6-4-3-5-7-11(9)10(12)13/h8-9H,3-7H2,1-2H3,(H,12,13)/t9-/m0/s1. The second-order valence-corrected chi connectivity index (χ2v) is 4.52. The number of hydrogen-bond acceptors (Lipinski definition) is 1. The maximum atomic E-state index is 11.3. The molecule has 0 aromatic heterocycles. The van der Waals surface area contributed by atoms with Crippen molar-refractivity contribution in [2.24, 2.45) is 5.92 Å². The zero-order valence-corrected chi connectivity index (χ0v) is 9.39. The lowest BCUT2D eigenvalue weighted by molar-refractivity contribution is 0.179. The Balaban J connectivity index is 2.66. The van der Waals surface area contributed by atoms with Crippen molar-refractivity contribution in [1.82, 2.24) is 4.90 Å². The van der Waals surface area contributed by atoms with Gasteiger partial charge in [0.05, 0.1) is 0 Å². The smallest absolute Gasteiger partial charge is 0.278 e. The Morgan fingerprint density at radius 3 is 2.62 bits per heavy atom. The summed E-state index contributed by atoms with van der Waals surface area (Å²) in [5, 5.41) is -0.0550.